The molecule has 0 fully saturated rings. The Morgan fingerprint density at radius 3 is 2.61 bits per heavy atom. The van der Waals surface area contributed by atoms with Gasteiger partial charge in [0.05, 0.1) is 0 Å². The van der Waals surface area contributed by atoms with Crippen molar-refractivity contribution in [2.75, 3.05) is 0 Å². The molecule has 0 atom stereocenters. The molecule has 5 heteroatoms. The van der Waals surface area contributed by atoms with Crippen molar-refractivity contribution < 1.29 is 46.1 Å². The molecule has 0 saturated carbocycles. The number of unbranched alkanes of at least 4 members (excludes halogenated alkanes) is 4. The number of carbonyl (C=O) groups is 1. The molecule has 1 amide bonds. The Bertz CT molecular complexity index is 280. The second-order valence-electron chi connectivity index (χ2n) is 4.10. The predicted molar refractivity (Wildman–Crippen MR) is 63.4 cm³/mol. The molecule has 18 heavy (non-hydrogen) atoms. The predicted octanol–water partition coefficient (Wildman–Crippen LogP) is -2.69. The summed E-state index contributed by atoms with van der Waals surface area (Å²) in [4.78, 5) is 11.5. The van der Waals surface area contributed by atoms with E-state index in [2.05, 4.69) is 29.3 Å². The Hall–Kier alpha value is 0.114. The van der Waals surface area contributed by atoms with Crippen molar-refractivity contribution in [2.24, 2.45) is 0 Å². The molecular weight excluding hydrogens is 308 g/mol. The monoisotopic (exact) mass is 328 g/mol. The summed E-state index contributed by atoms with van der Waals surface area (Å²) in [7, 11) is 0. The van der Waals surface area contributed by atoms with E-state index < -0.39 is 0 Å². The van der Waals surface area contributed by atoms with Crippen LogP contribution < -0.4 is 29.0 Å². The van der Waals surface area contributed by atoms with Crippen LogP contribution in [-0.2, 0) is 21.3 Å². The number of allylic oxidation sites excluding steroid dienone is 4. The molecule has 1 aliphatic rings. The fourth-order valence-corrected chi connectivity index (χ4v) is 2.75. The molecule has 0 radical (unpaired) electrons. The van der Waals surface area contributed by atoms with E-state index in [1.165, 1.54) is 30.0 Å². The molecule has 0 aliphatic heterocycles. The topological polar surface area (TPSA) is 29.1 Å². The molecule has 0 aromatic carbocycles. The molecule has 2 nitrogen and oxygen atoms in total. The standard InChI is InChI=1S/C8H17NO.C5H5.2ClH.V/c1-2-3-4-5-6-7-8(9)10;1-2-4-5-3-1;;;/h2-7H2,1H3,(H2,9,10);1-3H,4H2;2*1H;/q;;;;+3/p-3. The maximum absolute atomic E-state index is 11.5. The fraction of sp³-hybridized carbons (Fsp3) is 0.615. The number of nitrogens with one attached hydrogen (secondary N) is 1. The first-order chi connectivity index (χ1) is 7.83. The zero-order chi connectivity index (χ0) is 11.6. The minimum atomic E-state index is -0.106. The van der Waals surface area contributed by atoms with E-state index in [9.17, 15) is 4.79 Å². The van der Waals surface area contributed by atoms with E-state index in [1.54, 1.807) is 0 Å². The second kappa shape index (κ2) is 13.5. The van der Waals surface area contributed by atoms with Crippen LogP contribution in [0.1, 0.15) is 51.9 Å². The average Bonchev–Trinajstić information content (AvgIpc) is 2.79. The molecule has 0 heterocycles. The molecule has 0 aromatic rings. The molecular formula is C13H21Cl2NOV. The smallest absolute Gasteiger partial charge is 1.00 e. The minimum Gasteiger partial charge on any atom is -1.00 e. The van der Waals surface area contributed by atoms with Gasteiger partial charge in [0, 0.05) is 0 Å². The van der Waals surface area contributed by atoms with Crippen molar-refractivity contribution in [3.63, 3.8) is 0 Å². The largest absolute Gasteiger partial charge is 1.00 e. The zero-order valence-corrected chi connectivity index (χ0v) is 13.7. The van der Waals surface area contributed by atoms with Gasteiger partial charge in [-0.05, 0) is 0 Å². The third-order valence-corrected chi connectivity index (χ3v) is 4.11. The van der Waals surface area contributed by atoms with E-state index in [1.807, 2.05) is 0 Å². The van der Waals surface area contributed by atoms with E-state index in [0.29, 0.717) is 6.42 Å². The summed E-state index contributed by atoms with van der Waals surface area (Å²) in [6.45, 7) is 2.21. The van der Waals surface area contributed by atoms with Crippen LogP contribution in [0.2, 0.25) is 0 Å². The normalized spacial score (nSPS) is 11.9. The summed E-state index contributed by atoms with van der Waals surface area (Å²) >= 11 is -0.106. The van der Waals surface area contributed by atoms with Crippen LogP contribution in [-0.4, -0.2) is 5.91 Å². The number of hydrogen-bond acceptors (Lipinski definition) is 1. The quantitative estimate of drug-likeness (QED) is 0.483. The van der Waals surface area contributed by atoms with Crippen LogP contribution in [0.15, 0.2) is 22.5 Å². The van der Waals surface area contributed by atoms with E-state index in [-0.39, 0.29) is 47.2 Å². The van der Waals surface area contributed by atoms with Gasteiger partial charge in [-0.25, -0.2) is 0 Å². The SMILES string of the molecule is CCCCCCCC(=O)[NH][V+2][C]1=CC=CC1.[Cl-].[Cl-]. The molecule has 0 aromatic heterocycles. The number of carbonyl (C=O) groups excluding carboxylic acids is 1. The van der Waals surface area contributed by atoms with E-state index >= 15 is 0 Å². The van der Waals surface area contributed by atoms with Crippen molar-refractivity contribution in [3.05, 3.63) is 22.5 Å². The summed E-state index contributed by atoms with van der Waals surface area (Å²) in [5, 5.41) is 0. The van der Waals surface area contributed by atoms with Gasteiger partial charge in [0.15, 0.2) is 0 Å². The van der Waals surface area contributed by atoms with Crippen LogP contribution in [0, 0.1) is 0 Å². The molecule has 0 unspecified atom stereocenters. The van der Waals surface area contributed by atoms with Crippen LogP contribution in [0.4, 0.5) is 0 Å². The van der Waals surface area contributed by atoms with Gasteiger partial charge in [0.1, 0.15) is 0 Å². The van der Waals surface area contributed by atoms with Gasteiger partial charge < -0.3 is 24.8 Å². The minimum absolute atomic E-state index is 0. The number of amides is 1. The number of rotatable bonds is 8. The Morgan fingerprint density at radius 1 is 1.28 bits per heavy atom. The van der Waals surface area contributed by atoms with Gasteiger partial charge in [0.25, 0.3) is 0 Å². The van der Waals surface area contributed by atoms with Crippen molar-refractivity contribution >= 4 is 5.91 Å². The van der Waals surface area contributed by atoms with Crippen molar-refractivity contribution in [3.8, 4) is 0 Å². The van der Waals surface area contributed by atoms with Gasteiger partial charge in [-0.2, -0.15) is 0 Å². The first-order valence-electron chi connectivity index (χ1n) is 6.18. The van der Waals surface area contributed by atoms with Gasteiger partial charge in [-0.3, -0.25) is 0 Å². The van der Waals surface area contributed by atoms with Crippen LogP contribution in [0.3, 0.4) is 0 Å². The Morgan fingerprint density at radius 2 is 2.00 bits per heavy atom. The van der Waals surface area contributed by atoms with Crippen LogP contribution >= 0.6 is 0 Å². The summed E-state index contributed by atoms with van der Waals surface area (Å²) < 4.78 is 4.46. The maximum atomic E-state index is 11.5. The zero-order valence-electron chi connectivity index (χ0n) is 10.8. The summed E-state index contributed by atoms with van der Waals surface area (Å²) in [5.74, 6) is 0.240. The molecule has 103 valence electrons. The molecule has 0 bridgehead atoms. The summed E-state index contributed by atoms with van der Waals surface area (Å²) in [6, 6.07) is 0. The first-order valence-corrected chi connectivity index (χ1v) is 7.58. The van der Waals surface area contributed by atoms with Gasteiger partial charge in [-0.15, -0.1) is 0 Å². The van der Waals surface area contributed by atoms with E-state index in [4.69, 9.17) is 0 Å². The van der Waals surface area contributed by atoms with Crippen molar-refractivity contribution in [1.82, 2.24) is 4.17 Å². The van der Waals surface area contributed by atoms with E-state index in [0.717, 1.165) is 12.8 Å². The van der Waals surface area contributed by atoms with Crippen LogP contribution in [0.25, 0.3) is 0 Å². The number of hydrogen-bond donors (Lipinski definition) is 1. The number of halogens is 2. The van der Waals surface area contributed by atoms with Gasteiger partial charge in [-0.1, -0.05) is 0 Å². The molecule has 0 saturated heterocycles. The Kier molecular flexibility index (Phi) is 15.4. The molecule has 1 rings (SSSR count). The summed E-state index contributed by atoms with van der Waals surface area (Å²) in [6.07, 6.45) is 14.2. The Labute approximate surface area is 130 Å². The molecule has 1 aliphatic carbocycles. The van der Waals surface area contributed by atoms with Crippen molar-refractivity contribution in [1.29, 1.82) is 0 Å². The van der Waals surface area contributed by atoms with Crippen LogP contribution in [0.5, 0.6) is 0 Å². The summed E-state index contributed by atoms with van der Waals surface area (Å²) in [5.41, 5.74) is 0. The third kappa shape index (κ3) is 10.1. The van der Waals surface area contributed by atoms with Gasteiger partial charge in [0.2, 0.25) is 0 Å². The fourth-order valence-electron chi connectivity index (χ4n) is 1.60. The molecule has 0 spiro atoms. The average molecular weight is 329 g/mol. The van der Waals surface area contributed by atoms with Gasteiger partial charge >= 0.3 is 106 Å². The van der Waals surface area contributed by atoms with Crippen molar-refractivity contribution in [2.45, 2.75) is 51.9 Å². The second-order valence-corrected chi connectivity index (χ2v) is 5.70. The first kappa shape index (κ1) is 20.4. The Balaban J connectivity index is 0. The third-order valence-electron chi connectivity index (χ3n) is 2.58. The molecule has 1 N–H and O–H groups in total. The maximum Gasteiger partial charge on any atom is -1.00 e.